The number of nitrogens with zero attached hydrogens (tertiary/aromatic N) is 2. The molecule has 2 rings (SSSR count). The highest BCUT2D eigenvalue weighted by atomic mass is 35.5. The molecule has 26 heavy (non-hydrogen) atoms. The Morgan fingerprint density at radius 3 is 2.50 bits per heavy atom. The minimum atomic E-state index is -0.453. The fourth-order valence-electron chi connectivity index (χ4n) is 2.51. The Bertz CT molecular complexity index is 840. The van der Waals surface area contributed by atoms with Crippen molar-refractivity contribution in [3.05, 3.63) is 62.9 Å². The molecule has 1 aromatic carbocycles. The second kappa shape index (κ2) is 8.52. The number of rotatable bonds is 5. The quantitative estimate of drug-likeness (QED) is 0.689. The molecule has 1 heterocycles. The van der Waals surface area contributed by atoms with Crippen LogP contribution in [0.25, 0.3) is 0 Å². The smallest absolute Gasteiger partial charge is 0.339 e. The number of ether oxygens (including phenoxy) is 1. The van der Waals surface area contributed by atoms with Gasteiger partial charge in [-0.3, -0.25) is 4.79 Å². The van der Waals surface area contributed by atoms with Crippen molar-refractivity contribution in [2.75, 3.05) is 13.7 Å². The summed E-state index contributed by atoms with van der Waals surface area (Å²) in [5.74, 6) is -0.729. The zero-order chi connectivity index (χ0) is 19.4. The van der Waals surface area contributed by atoms with Gasteiger partial charge in [-0.1, -0.05) is 29.3 Å². The van der Waals surface area contributed by atoms with E-state index < -0.39 is 5.97 Å². The largest absolute Gasteiger partial charge is 0.462 e. The van der Waals surface area contributed by atoms with Crippen molar-refractivity contribution in [1.82, 2.24) is 9.88 Å². The minimum absolute atomic E-state index is 0.245. The van der Waals surface area contributed by atoms with Crippen LogP contribution in [-0.2, 0) is 4.74 Å². The van der Waals surface area contributed by atoms with E-state index >= 15 is 0 Å². The molecule has 1 amide bonds. The Balaban J connectivity index is 2.24. The van der Waals surface area contributed by atoms with Gasteiger partial charge in [-0.15, -0.1) is 0 Å². The topological polar surface area (TPSA) is 59.5 Å². The molecule has 0 saturated carbocycles. The van der Waals surface area contributed by atoms with Crippen LogP contribution in [0.5, 0.6) is 0 Å². The van der Waals surface area contributed by atoms with Gasteiger partial charge in [0.2, 0.25) is 0 Å². The molecular formula is C19H20Cl2N2O3. The van der Waals surface area contributed by atoms with Gasteiger partial charge in [0, 0.05) is 17.1 Å². The van der Waals surface area contributed by atoms with E-state index in [1.807, 2.05) is 6.92 Å². The summed E-state index contributed by atoms with van der Waals surface area (Å²) in [5, 5.41) is 1.03. The lowest BCUT2D eigenvalue weighted by atomic mass is 10.1. The number of benzene rings is 1. The average molecular weight is 395 g/mol. The summed E-state index contributed by atoms with van der Waals surface area (Å²) >= 11 is 12.2. The van der Waals surface area contributed by atoms with Crippen LogP contribution >= 0.6 is 23.2 Å². The molecule has 0 aliphatic rings. The Hall–Kier alpha value is -2.11. The van der Waals surface area contributed by atoms with Crippen LogP contribution in [-0.4, -0.2) is 35.4 Å². The van der Waals surface area contributed by atoms with Gasteiger partial charge in [-0.25, -0.2) is 9.78 Å². The maximum Gasteiger partial charge on any atom is 0.339 e. The molecule has 2 aromatic rings. The minimum Gasteiger partial charge on any atom is -0.462 e. The van der Waals surface area contributed by atoms with Crippen molar-refractivity contribution >= 4 is 35.1 Å². The standard InChI is InChI=1S/C19H20Cl2N2O3/c1-5-26-19(25)14-8-9-17(22-11(14)2)18(24)23(4)12(3)15-7-6-13(20)10-16(15)21/h6-10,12H,5H2,1-4H3. The van der Waals surface area contributed by atoms with Gasteiger partial charge in [0.05, 0.1) is 23.9 Å². The van der Waals surface area contributed by atoms with Gasteiger partial charge >= 0.3 is 5.97 Å². The van der Waals surface area contributed by atoms with Crippen molar-refractivity contribution in [2.24, 2.45) is 0 Å². The summed E-state index contributed by atoms with van der Waals surface area (Å²) < 4.78 is 4.98. The number of hydrogen-bond donors (Lipinski definition) is 0. The Labute approximate surface area is 162 Å². The average Bonchev–Trinajstić information content (AvgIpc) is 2.60. The predicted octanol–water partition coefficient (Wildman–Crippen LogP) is 4.71. The molecule has 1 atom stereocenters. The molecule has 0 spiro atoms. The van der Waals surface area contributed by atoms with Crippen LogP contribution in [0.2, 0.25) is 10.0 Å². The van der Waals surface area contributed by atoms with Gasteiger partial charge in [-0.05, 0) is 50.6 Å². The van der Waals surface area contributed by atoms with E-state index in [9.17, 15) is 9.59 Å². The molecule has 1 aromatic heterocycles. The summed E-state index contributed by atoms with van der Waals surface area (Å²) in [5.41, 5.74) is 1.82. The lowest BCUT2D eigenvalue weighted by Gasteiger charge is -2.26. The number of aromatic nitrogens is 1. The van der Waals surface area contributed by atoms with Gasteiger partial charge in [-0.2, -0.15) is 0 Å². The number of pyridine rings is 1. The summed E-state index contributed by atoms with van der Waals surface area (Å²) in [6.45, 7) is 5.55. The van der Waals surface area contributed by atoms with E-state index in [1.54, 1.807) is 50.1 Å². The van der Waals surface area contributed by atoms with Crippen molar-refractivity contribution < 1.29 is 14.3 Å². The van der Waals surface area contributed by atoms with Crippen LogP contribution < -0.4 is 0 Å². The molecule has 0 aliphatic carbocycles. The summed E-state index contributed by atoms with van der Waals surface area (Å²) in [7, 11) is 1.67. The van der Waals surface area contributed by atoms with E-state index in [0.29, 0.717) is 21.3 Å². The Kier molecular flexibility index (Phi) is 6.62. The lowest BCUT2D eigenvalue weighted by molar-refractivity contribution is 0.0524. The molecular weight excluding hydrogens is 375 g/mol. The van der Waals surface area contributed by atoms with Gasteiger partial charge in [0.25, 0.3) is 5.91 Å². The zero-order valence-corrected chi connectivity index (χ0v) is 16.6. The van der Waals surface area contributed by atoms with Crippen molar-refractivity contribution in [3.63, 3.8) is 0 Å². The van der Waals surface area contributed by atoms with Gasteiger partial charge in [0.1, 0.15) is 5.69 Å². The molecule has 138 valence electrons. The zero-order valence-electron chi connectivity index (χ0n) is 15.0. The lowest BCUT2D eigenvalue weighted by Crippen LogP contribution is -2.30. The molecule has 0 N–H and O–H groups in total. The molecule has 0 bridgehead atoms. The summed E-state index contributed by atoms with van der Waals surface area (Å²) in [6, 6.07) is 7.97. The second-order valence-electron chi connectivity index (χ2n) is 5.81. The van der Waals surface area contributed by atoms with E-state index in [0.717, 1.165) is 5.56 Å². The van der Waals surface area contributed by atoms with Gasteiger partial charge < -0.3 is 9.64 Å². The fraction of sp³-hybridized carbons (Fsp3) is 0.316. The molecule has 7 heteroatoms. The normalized spacial score (nSPS) is 11.8. The molecule has 0 saturated heterocycles. The van der Waals surface area contributed by atoms with Crippen molar-refractivity contribution in [2.45, 2.75) is 26.8 Å². The SMILES string of the molecule is CCOC(=O)c1ccc(C(=O)N(C)C(C)c2ccc(Cl)cc2Cl)nc1C. The number of esters is 1. The van der Waals surface area contributed by atoms with Crippen molar-refractivity contribution in [3.8, 4) is 0 Å². The highest BCUT2D eigenvalue weighted by molar-refractivity contribution is 6.35. The number of halogens is 2. The second-order valence-corrected chi connectivity index (χ2v) is 6.65. The highest BCUT2D eigenvalue weighted by Gasteiger charge is 2.23. The van der Waals surface area contributed by atoms with E-state index in [1.165, 1.54) is 6.07 Å². The van der Waals surface area contributed by atoms with Crippen LogP contribution in [0.15, 0.2) is 30.3 Å². The maximum atomic E-state index is 12.8. The number of carbonyl (C=O) groups is 2. The van der Waals surface area contributed by atoms with E-state index in [2.05, 4.69) is 4.98 Å². The maximum absolute atomic E-state index is 12.8. The fourth-order valence-corrected chi connectivity index (χ4v) is 3.08. The van der Waals surface area contributed by atoms with Crippen molar-refractivity contribution in [1.29, 1.82) is 0 Å². The van der Waals surface area contributed by atoms with Crippen LogP contribution in [0, 0.1) is 6.92 Å². The first-order valence-corrected chi connectivity index (χ1v) is 8.88. The predicted molar refractivity (Wildman–Crippen MR) is 102 cm³/mol. The number of aryl methyl sites for hydroxylation is 1. The molecule has 0 fully saturated rings. The molecule has 1 unspecified atom stereocenters. The third kappa shape index (κ3) is 4.34. The summed E-state index contributed by atoms with van der Waals surface area (Å²) in [4.78, 5) is 30.4. The van der Waals surface area contributed by atoms with E-state index in [4.69, 9.17) is 27.9 Å². The monoisotopic (exact) mass is 394 g/mol. The molecule has 0 radical (unpaired) electrons. The first kappa shape index (κ1) is 20.2. The number of amides is 1. The number of hydrogen-bond acceptors (Lipinski definition) is 4. The Morgan fingerprint density at radius 1 is 1.23 bits per heavy atom. The molecule has 0 aliphatic heterocycles. The highest BCUT2D eigenvalue weighted by Crippen LogP contribution is 2.29. The van der Waals surface area contributed by atoms with Crippen LogP contribution in [0.1, 0.15) is 52.0 Å². The molecule has 5 nitrogen and oxygen atoms in total. The van der Waals surface area contributed by atoms with Crippen LogP contribution in [0.4, 0.5) is 0 Å². The first-order valence-electron chi connectivity index (χ1n) is 8.13. The van der Waals surface area contributed by atoms with Gasteiger partial charge in [0.15, 0.2) is 0 Å². The van der Waals surface area contributed by atoms with E-state index in [-0.39, 0.29) is 24.2 Å². The first-order chi connectivity index (χ1) is 12.3. The Morgan fingerprint density at radius 2 is 1.92 bits per heavy atom. The number of carbonyl (C=O) groups excluding carboxylic acids is 2. The summed E-state index contributed by atoms with van der Waals surface area (Å²) in [6.07, 6.45) is 0. The van der Waals surface area contributed by atoms with Crippen LogP contribution in [0.3, 0.4) is 0 Å². The third-order valence-corrected chi connectivity index (χ3v) is 4.68. The third-order valence-electron chi connectivity index (χ3n) is 4.11.